The number of aromatic amines is 1. The lowest BCUT2D eigenvalue weighted by atomic mass is 10.0. The molecule has 2 rings (SSSR count). The van der Waals surface area contributed by atoms with E-state index in [9.17, 15) is 0 Å². The van der Waals surface area contributed by atoms with Crippen molar-refractivity contribution in [2.45, 2.75) is 26.8 Å². The van der Waals surface area contributed by atoms with Gasteiger partial charge in [-0.25, -0.2) is 4.98 Å². The Morgan fingerprint density at radius 3 is 2.75 bits per heavy atom. The van der Waals surface area contributed by atoms with Crippen molar-refractivity contribution in [2.24, 2.45) is 5.73 Å². The molecule has 0 radical (unpaired) electrons. The number of nitrogens with two attached hydrogens (primary N) is 1. The largest absolute Gasteiger partial charge is 0.324 e. The molecule has 1 aromatic heterocycles. The maximum atomic E-state index is 5.46. The molecule has 84 valence electrons. The Labute approximate surface area is 94.9 Å². The molecule has 0 bridgehead atoms. The lowest BCUT2D eigenvalue weighted by molar-refractivity contribution is 0.916. The number of rotatable bonds is 3. The van der Waals surface area contributed by atoms with Gasteiger partial charge in [-0.3, -0.25) is 5.10 Å². The fourth-order valence-corrected chi connectivity index (χ4v) is 1.73. The number of nitrogens with one attached hydrogen (secondary N) is 1. The minimum absolute atomic E-state index is 0.378. The molecule has 0 fully saturated rings. The van der Waals surface area contributed by atoms with Crippen molar-refractivity contribution in [3.8, 4) is 0 Å². The van der Waals surface area contributed by atoms with Crippen LogP contribution in [0.1, 0.15) is 28.3 Å². The van der Waals surface area contributed by atoms with E-state index in [4.69, 9.17) is 5.73 Å². The van der Waals surface area contributed by atoms with Crippen molar-refractivity contribution in [1.82, 2.24) is 15.2 Å². The number of aryl methyl sites for hydroxylation is 2. The molecule has 0 atom stereocenters. The molecule has 0 aliphatic rings. The van der Waals surface area contributed by atoms with Gasteiger partial charge in [-0.05, 0) is 25.0 Å². The number of aromatic nitrogens is 3. The van der Waals surface area contributed by atoms with E-state index in [1.807, 2.05) is 0 Å². The minimum atomic E-state index is 0.378. The van der Waals surface area contributed by atoms with Crippen LogP contribution in [0.15, 0.2) is 18.2 Å². The summed E-state index contributed by atoms with van der Waals surface area (Å²) in [6.07, 6.45) is 0.777. The Balaban J connectivity index is 2.20. The number of benzene rings is 1. The van der Waals surface area contributed by atoms with E-state index in [0.717, 1.165) is 12.2 Å². The molecular weight excluding hydrogens is 200 g/mol. The third-order valence-electron chi connectivity index (χ3n) is 2.62. The fraction of sp³-hybridized carbons (Fsp3) is 0.333. The summed E-state index contributed by atoms with van der Waals surface area (Å²) in [5, 5.41) is 6.92. The summed E-state index contributed by atoms with van der Waals surface area (Å²) in [6.45, 7) is 4.59. The Morgan fingerprint density at radius 1 is 1.31 bits per heavy atom. The number of H-pyrrole nitrogens is 1. The Hall–Kier alpha value is -1.68. The van der Waals surface area contributed by atoms with E-state index >= 15 is 0 Å². The van der Waals surface area contributed by atoms with Crippen molar-refractivity contribution in [3.63, 3.8) is 0 Å². The van der Waals surface area contributed by atoms with Crippen molar-refractivity contribution in [2.75, 3.05) is 0 Å². The van der Waals surface area contributed by atoms with E-state index in [1.165, 1.54) is 16.7 Å². The van der Waals surface area contributed by atoms with E-state index in [-0.39, 0.29) is 0 Å². The molecule has 0 aliphatic carbocycles. The minimum Gasteiger partial charge on any atom is -0.324 e. The molecule has 16 heavy (non-hydrogen) atoms. The lowest BCUT2D eigenvalue weighted by Gasteiger charge is -2.04. The molecular formula is C12H16N4. The van der Waals surface area contributed by atoms with Crippen molar-refractivity contribution in [3.05, 3.63) is 46.5 Å². The van der Waals surface area contributed by atoms with Gasteiger partial charge in [-0.15, -0.1) is 0 Å². The molecule has 2 aromatic rings. The first kappa shape index (κ1) is 10.8. The summed E-state index contributed by atoms with van der Waals surface area (Å²) in [4.78, 5) is 4.30. The second-order valence-electron chi connectivity index (χ2n) is 4.01. The van der Waals surface area contributed by atoms with Gasteiger partial charge in [0.1, 0.15) is 5.82 Å². The molecule has 1 heterocycles. The van der Waals surface area contributed by atoms with E-state index in [0.29, 0.717) is 12.4 Å². The molecule has 0 amide bonds. The van der Waals surface area contributed by atoms with Gasteiger partial charge >= 0.3 is 0 Å². The molecule has 0 unspecified atom stereocenters. The first-order valence-corrected chi connectivity index (χ1v) is 5.35. The SMILES string of the molecule is Cc1ccc(Cc2nc(CN)n[nH]2)c(C)c1. The number of nitrogens with zero attached hydrogens (tertiary/aromatic N) is 2. The first-order valence-electron chi connectivity index (χ1n) is 5.35. The summed E-state index contributed by atoms with van der Waals surface area (Å²) in [5.74, 6) is 1.53. The van der Waals surface area contributed by atoms with E-state index in [1.54, 1.807) is 0 Å². The summed E-state index contributed by atoms with van der Waals surface area (Å²) >= 11 is 0. The third kappa shape index (κ3) is 2.28. The maximum Gasteiger partial charge on any atom is 0.164 e. The Bertz CT molecular complexity index is 488. The van der Waals surface area contributed by atoms with Gasteiger partial charge in [0, 0.05) is 6.42 Å². The maximum absolute atomic E-state index is 5.46. The topological polar surface area (TPSA) is 67.6 Å². The second-order valence-corrected chi connectivity index (χ2v) is 4.01. The summed E-state index contributed by atoms with van der Waals surface area (Å²) < 4.78 is 0. The fourth-order valence-electron chi connectivity index (χ4n) is 1.73. The highest BCUT2D eigenvalue weighted by atomic mass is 15.2. The number of hydrogen-bond acceptors (Lipinski definition) is 3. The van der Waals surface area contributed by atoms with Gasteiger partial charge in [0.25, 0.3) is 0 Å². The van der Waals surface area contributed by atoms with Crippen molar-refractivity contribution < 1.29 is 0 Å². The van der Waals surface area contributed by atoms with Crippen LogP contribution in [0.2, 0.25) is 0 Å². The zero-order valence-corrected chi connectivity index (χ0v) is 9.62. The highest BCUT2D eigenvalue weighted by Crippen LogP contribution is 2.13. The predicted octanol–water partition coefficient (Wildman–Crippen LogP) is 1.47. The Kier molecular flexibility index (Phi) is 3.01. The third-order valence-corrected chi connectivity index (χ3v) is 2.62. The molecule has 0 spiro atoms. The zero-order valence-electron chi connectivity index (χ0n) is 9.62. The number of hydrogen-bond donors (Lipinski definition) is 2. The van der Waals surface area contributed by atoms with Gasteiger partial charge in [0.2, 0.25) is 0 Å². The van der Waals surface area contributed by atoms with Gasteiger partial charge < -0.3 is 5.73 Å². The monoisotopic (exact) mass is 216 g/mol. The molecule has 0 aliphatic heterocycles. The highest BCUT2D eigenvalue weighted by molar-refractivity contribution is 5.32. The van der Waals surface area contributed by atoms with Gasteiger partial charge in [-0.1, -0.05) is 23.8 Å². The first-order chi connectivity index (χ1) is 7.69. The van der Waals surface area contributed by atoms with Gasteiger partial charge in [0.15, 0.2) is 5.82 Å². The highest BCUT2D eigenvalue weighted by Gasteiger charge is 2.04. The molecule has 0 saturated heterocycles. The average Bonchev–Trinajstić information content (AvgIpc) is 2.70. The molecule has 4 nitrogen and oxygen atoms in total. The average molecular weight is 216 g/mol. The van der Waals surface area contributed by atoms with Crippen LogP contribution in [0.3, 0.4) is 0 Å². The van der Waals surface area contributed by atoms with Crippen LogP contribution in [0, 0.1) is 13.8 Å². The van der Waals surface area contributed by atoms with Crippen LogP contribution in [0.5, 0.6) is 0 Å². The summed E-state index contributed by atoms with van der Waals surface area (Å²) in [7, 11) is 0. The van der Waals surface area contributed by atoms with E-state index < -0.39 is 0 Å². The smallest absolute Gasteiger partial charge is 0.164 e. The predicted molar refractivity (Wildman–Crippen MR) is 63.0 cm³/mol. The van der Waals surface area contributed by atoms with Crippen LogP contribution in [0.4, 0.5) is 0 Å². The van der Waals surface area contributed by atoms with Crippen LogP contribution < -0.4 is 5.73 Å². The lowest BCUT2D eigenvalue weighted by Crippen LogP contribution is -1.99. The molecule has 1 aromatic carbocycles. The van der Waals surface area contributed by atoms with Crippen LogP contribution in [-0.4, -0.2) is 15.2 Å². The summed E-state index contributed by atoms with van der Waals surface area (Å²) in [6, 6.07) is 6.42. The van der Waals surface area contributed by atoms with Gasteiger partial charge in [-0.2, -0.15) is 5.10 Å². The normalized spacial score (nSPS) is 10.7. The van der Waals surface area contributed by atoms with Crippen molar-refractivity contribution >= 4 is 0 Å². The van der Waals surface area contributed by atoms with E-state index in [2.05, 4.69) is 47.2 Å². The second kappa shape index (κ2) is 4.45. The summed E-state index contributed by atoms with van der Waals surface area (Å²) in [5.41, 5.74) is 9.29. The van der Waals surface area contributed by atoms with Crippen LogP contribution in [-0.2, 0) is 13.0 Å². The van der Waals surface area contributed by atoms with Crippen LogP contribution in [0.25, 0.3) is 0 Å². The zero-order chi connectivity index (χ0) is 11.5. The molecule has 3 N–H and O–H groups in total. The van der Waals surface area contributed by atoms with Crippen LogP contribution >= 0.6 is 0 Å². The molecule has 0 saturated carbocycles. The standard InChI is InChI=1S/C12H16N4/c1-8-3-4-10(9(2)5-8)6-11-14-12(7-13)16-15-11/h3-5H,6-7,13H2,1-2H3,(H,14,15,16). The molecule has 4 heteroatoms. The van der Waals surface area contributed by atoms with Crippen molar-refractivity contribution in [1.29, 1.82) is 0 Å². The van der Waals surface area contributed by atoms with Gasteiger partial charge in [0.05, 0.1) is 6.54 Å². The quantitative estimate of drug-likeness (QED) is 0.816. The Morgan fingerprint density at radius 2 is 2.12 bits per heavy atom.